The van der Waals surface area contributed by atoms with E-state index in [4.69, 9.17) is 0 Å². The summed E-state index contributed by atoms with van der Waals surface area (Å²) in [7, 11) is 0. The molecule has 0 aromatic rings. The molecule has 12 heavy (non-hydrogen) atoms. The van der Waals surface area contributed by atoms with Crippen molar-refractivity contribution in [3.63, 3.8) is 0 Å². The zero-order chi connectivity index (χ0) is 9.19. The lowest BCUT2D eigenvalue weighted by Gasteiger charge is -2.46. The molecule has 1 rings (SSSR count). The molecule has 0 aromatic carbocycles. The van der Waals surface area contributed by atoms with Gasteiger partial charge in [0.05, 0.1) is 0 Å². The molecule has 72 valence electrons. The first-order chi connectivity index (χ1) is 5.65. The van der Waals surface area contributed by atoms with E-state index in [0.717, 1.165) is 11.8 Å². The van der Waals surface area contributed by atoms with Crippen LogP contribution in [0.4, 0.5) is 0 Å². The van der Waals surface area contributed by atoms with Crippen molar-refractivity contribution in [1.29, 1.82) is 0 Å². The van der Waals surface area contributed by atoms with Crippen LogP contribution in [0.3, 0.4) is 0 Å². The largest absolute Gasteiger partial charge is 0.0651 e. The van der Waals surface area contributed by atoms with Crippen LogP contribution in [0.1, 0.15) is 59.8 Å². The molecule has 0 N–H and O–H groups in total. The van der Waals surface area contributed by atoms with Gasteiger partial charge in [0.2, 0.25) is 0 Å². The van der Waals surface area contributed by atoms with Gasteiger partial charge in [-0.05, 0) is 30.1 Å². The van der Waals surface area contributed by atoms with E-state index in [1.165, 1.54) is 32.1 Å². The summed E-state index contributed by atoms with van der Waals surface area (Å²) in [6.07, 6.45) is 7.19. The highest BCUT2D eigenvalue weighted by molar-refractivity contribution is 4.89. The summed E-state index contributed by atoms with van der Waals surface area (Å²) < 4.78 is 0. The van der Waals surface area contributed by atoms with Crippen LogP contribution in [0.5, 0.6) is 0 Å². The number of hydrogen-bond acceptors (Lipinski definition) is 0. The van der Waals surface area contributed by atoms with Crippen LogP contribution in [-0.4, -0.2) is 0 Å². The van der Waals surface area contributed by atoms with Gasteiger partial charge in [0, 0.05) is 0 Å². The quantitative estimate of drug-likeness (QED) is 0.588. The second-order valence-corrected chi connectivity index (χ2v) is 4.80. The van der Waals surface area contributed by atoms with Crippen LogP contribution in [0.15, 0.2) is 0 Å². The molecule has 0 aliphatic heterocycles. The maximum absolute atomic E-state index is 2.50. The Morgan fingerprint density at radius 3 is 2.17 bits per heavy atom. The highest BCUT2D eigenvalue weighted by Crippen LogP contribution is 2.49. The smallest absolute Gasteiger partial charge is 0.0275 e. The summed E-state index contributed by atoms with van der Waals surface area (Å²) in [5, 5.41) is 0. The van der Waals surface area contributed by atoms with Crippen molar-refractivity contribution in [3.8, 4) is 0 Å². The highest BCUT2D eigenvalue weighted by Gasteiger charge is 2.39. The fourth-order valence-electron chi connectivity index (χ4n) is 2.57. The minimum atomic E-state index is 0.646. The lowest BCUT2D eigenvalue weighted by Crippen LogP contribution is -2.37. The van der Waals surface area contributed by atoms with E-state index in [2.05, 4.69) is 27.7 Å². The van der Waals surface area contributed by atoms with Crippen molar-refractivity contribution in [3.05, 3.63) is 0 Å². The summed E-state index contributed by atoms with van der Waals surface area (Å²) in [5.41, 5.74) is 0.646. The summed E-state index contributed by atoms with van der Waals surface area (Å²) in [6.45, 7) is 9.63. The first kappa shape index (κ1) is 10.1. The zero-order valence-corrected chi connectivity index (χ0v) is 9.19. The Bertz CT molecular complexity index is 128. The van der Waals surface area contributed by atoms with Crippen LogP contribution in [0, 0.1) is 17.3 Å². The van der Waals surface area contributed by atoms with E-state index in [9.17, 15) is 0 Å². The predicted molar refractivity (Wildman–Crippen MR) is 55.2 cm³/mol. The topological polar surface area (TPSA) is 0 Å². The van der Waals surface area contributed by atoms with Gasteiger partial charge in [0.1, 0.15) is 0 Å². The third-order valence-electron chi connectivity index (χ3n) is 4.54. The number of hydrogen-bond donors (Lipinski definition) is 0. The summed E-state index contributed by atoms with van der Waals surface area (Å²) in [5.74, 6) is 1.95. The van der Waals surface area contributed by atoms with Crippen molar-refractivity contribution < 1.29 is 0 Å². The standard InChI is InChI=1S/C12H24/c1-5-10(3)12(4,6-2)11-8-7-9-11/h10-11H,5-9H2,1-4H3. The van der Waals surface area contributed by atoms with Crippen molar-refractivity contribution in [2.45, 2.75) is 59.8 Å². The van der Waals surface area contributed by atoms with Crippen LogP contribution < -0.4 is 0 Å². The maximum atomic E-state index is 2.50. The van der Waals surface area contributed by atoms with Crippen LogP contribution >= 0.6 is 0 Å². The molecule has 0 heteroatoms. The van der Waals surface area contributed by atoms with E-state index < -0.39 is 0 Å². The Morgan fingerprint density at radius 1 is 1.33 bits per heavy atom. The molecular weight excluding hydrogens is 144 g/mol. The normalized spacial score (nSPS) is 26.0. The minimum Gasteiger partial charge on any atom is -0.0651 e. The second kappa shape index (κ2) is 3.81. The van der Waals surface area contributed by atoms with Gasteiger partial charge < -0.3 is 0 Å². The monoisotopic (exact) mass is 168 g/mol. The predicted octanol–water partition coefficient (Wildman–Crippen LogP) is 4.25. The molecule has 0 amide bonds. The lowest BCUT2D eigenvalue weighted by molar-refractivity contribution is 0.0381. The van der Waals surface area contributed by atoms with Gasteiger partial charge in [-0.15, -0.1) is 0 Å². The van der Waals surface area contributed by atoms with Crippen molar-refractivity contribution >= 4 is 0 Å². The molecule has 0 spiro atoms. The molecule has 2 unspecified atom stereocenters. The van der Waals surface area contributed by atoms with Gasteiger partial charge in [-0.2, -0.15) is 0 Å². The van der Waals surface area contributed by atoms with Crippen LogP contribution in [0.2, 0.25) is 0 Å². The molecule has 0 saturated heterocycles. The maximum Gasteiger partial charge on any atom is -0.0275 e. The summed E-state index contributed by atoms with van der Waals surface area (Å²) in [6, 6.07) is 0. The molecule has 1 saturated carbocycles. The highest BCUT2D eigenvalue weighted by atomic mass is 14.4. The van der Waals surface area contributed by atoms with E-state index in [-0.39, 0.29) is 0 Å². The number of rotatable bonds is 4. The Morgan fingerprint density at radius 2 is 1.92 bits per heavy atom. The van der Waals surface area contributed by atoms with Gasteiger partial charge in [-0.3, -0.25) is 0 Å². The Balaban J connectivity index is 2.59. The average Bonchev–Trinajstić information content (AvgIpc) is 1.99. The molecule has 0 bridgehead atoms. The Kier molecular flexibility index (Phi) is 3.20. The van der Waals surface area contributed by atoms with Crippen LogP contribution in [-0.2, 0) is 0 Å². The average molecular weight is 168 g/mol. The Hall–Kier alpha value is 0. The molecule has 1 aliphatic rings. The molecule has 0 aromatic heterocycles. The third-order valence-corrected chi connectivity index (χ3v) is 4.54. The van der Waals surface area contributed by atoms with Crippen LogP contribution in [0.25, 0.3) is 0 Å². The molecule has 2 atom stereocenters. The third kappa shape index (κ3) is 1.53. The minimum absolute atomic E-state index is 0.646. The molecule has 0 nitrogen and oxygen atoms in total. The van der Waals surface area contributed by atoms with E-state index >= 15 is 0 Å². The summed E-state index contributed by atoms with van der Waals surface area (Å²) >= 11 is 0. The van der Waals surface area contributed by atoms with E-state index in [1.807, 2.05) is 0 Å². The fourth-order valence-corrected chi connectivity index (χ4v) is 2.57. The van der Waals surface area contributed by atoms with Crippen molar-refractivity contribution in [2.75, 3.05) is 0 Å². The first-order valence-electron chi connectivity index (χ1n) is 5.65. The first-order valence-corrected chi connectivity index (χ1v) is 5.65. The second-order valence-electron chi connectivity index (χ2n) is 4.80. The van der Waals surface area contributed by atoms with Gasteiger partial charge >= 0.3 is 0 Å². The molecule has 1 fully saturated rings. The zero-order valence-electron chi connectivity index (χ0n) is 9.19. The van der Waals surface area contributed by atoms with Gasteiger partial charge in [-0.1, -0.05) is 47.0 Å². The van der Waals surface area contributed by atoms with Crippen molar-refractivity contribution in [1.82, 2.24) is 0 Å². The van der Waals surface area contributed by atoms with E-state index in [1.54, 1.807) is 0 Å². The van der Waals surface area contributed by atoms with Crippen molar-refractivity contribution in [2.24, 2.45) is 17.3 Å². The van der Waals surface area contributed by atoms with Gasteiger partial charge in [0.15, 0.2) is 0 Å². The molecule has 0 heterocycles. The van der Waals surface area contributed by atoms with Gasteiger partial charge in [0.25, 0.3) is 0 Å². The lowest BCUT2D eigenvalue weighted by atomic mass is 9.59. The molecule has 1 aliphatic carbocycles. The summed E-state index contributed by atoms with van der Waals surface area (Å²) in [4.78, 5) is 0. The van der Waals surface area contributed by atoms with Gasteiger partial charge in [-0.25, -0.2) is 0 Å². The van der Waals surface area contributed by atoms with E-state index in [0.29, 0.717) is 5.41 Å². The fraction of sp³-hybridized carbons (Fsp3) is 1.00. The Labute approximate surface area is 77.7 Å². The molecular formula is C12H24. The molecule has 0 radical (unpaired) electrons. The SMILES string of the molecule is CCC(C)C(C)(CC)C1CCC1.